The number of carbonyl (C=O) groups excluding carboxylic acids is 2. The van der Waals surface area contributed by atoms with Gasteiger partial charge in [0.15, 0.2) is 0 Å². The molecule has 1 aromatic rings. The van der Waals surface area contributed by atoms with Crippen LogP contribution in [0.15, 0.2) is 24.3 Å². The number of hydrogen-bond donors (Lipinski definition) is 1. The topological polar surface area (TPSA) is 61.9 Å². The molecular weight excluding hydrogens is 270 g/mol. The Morgan fingerprint density at radius 2 is 1.86 bits per heavy atom. The van der Waals surface area contributed by atoms with Crippen LogP contribution >= 0.6 is 0 Å². The number of para-hydroxylation sites is 1. The average molecular weight is 291 g/mol. The Balaban J connectivity index is 1.95. The summed E-state index contributed by atoms with van der Waals surface area (Å²) in [6.45, 7) is 4.02. The van der Waals surface area contributed by atoms with Crippen molar-refractivity contribution in [2.75, 3.05) is 52.2 Å². The first kappa shape index (κ1) is 15.5. The van der Waals surface area contributed by atoms with Crippen molar-refractivity contribution in [1.29, 1.82) is 0 Å². The summed E-state index contributed by atoms with van der Waals surface area (Å²) < 4.78 is 4.71. The molecule has 6 heteroatoms. The van der Waals surface area contributed by atoms with Crippen molar-refractivity contribution < 1.29 is 14.3 Å². The van der Waals surface area contributed by atoms with Gasteiger partial charge in [-0.25, -0.2) is 4.79 Å². The van der Waals surface area contributed by atoms with E-state index in [-0.39, 0.29) is 5.91 Å². The number of carbonyl (C=O) groups is 2. The van der Waals surface area contributed by atoms with Crippen LogP contribution in [0.25, 0.3) is 0 Å². The number of anilines is 1. The lowest BCUT2D eigenvalue weighted by molar-refractivity contribution is -0.117. The van der Waals surface area contributed by atoms with Crippen LogP contribution in [0, 0.1) is 0 Å². The summed E-state index contributed by atoms with van der Waals surface area (Å²) in [6, 6.07) is 6.85. The van der Waals surface area contributed by atoms with Gasteiger partial charge in [-0.3, -0.25) is 9.69 Å². The minimum absolute atomic E-state index is 0.115. The van der Waals surface area contributed by atoms with E-state index in [9.17, 15) is 9.59 Å². The molecule has 0 aromatic heterocycles. The van der Waals surface area contributed by atoms with E-state index < -0.39 is 5.97 Å². The highest BCUT2D eigenvalue weighted by atomic mass is 16.5. The highest BCUT2D eigenvalue weighted by molar-refractivity contribution is 6.01. The highest BCUT2D eigenvalue weighted by Crippen LogP contribution is 2.16. The van der Waals surface area contributed by atoms with E-state index in [1.807, 2.05) is 0 Å². The lowest BCUT2D eigenvalue weighted by atomic mass is 10.2. The molecule has 0 saturated carbocycles. The van der Waals surface area contributed by atoms with Crippen molar-refractivity contribution in [2.24, 2.45) is 0 Å². The summed E-state index contributed by atoms with van der Waals surface area (Å²) in [5.74, 6) is -0.568. The normalized spacial score (nSPS) is 16.5. The van der Waals surface area contributed by atoms with Crippen LogP contribution in [0.3, 0.4) is 0 Å². The third-order valence-corrected chi connectivity index (χ3v) is 3.57. The van der Waals surface area contributed by atoms with Gasteiger partial charge in [-0.05, 0) is 19.2 Å². The lowest BCUT2D eigenvalue weighted by Crippen LogP contribution is -2.47. The Labute approximate surface area is 124 Å². The summed E-state index contributed by atoms with van der Waals surface area (Å²) >= 11 is 0. The predicted octanol–water partition coefficient (Wildman–Crippen LogP) is 0.659. The fraction of sp³-hybridized carbons (Fsp3) is 0.467. The first-order valence-electron chi connectivity index (χ1n) is 6.98. The number of hydrogen-bond acceptors (Lipinski definition) is 5. The van der Waals surface area contributed by atoms with Crippen molar-refractivity contribution in [3.8, 4) is 0 Å². The van der Waals surface area contributed by atoms with Gasteiger partial charge in [-0.1, -0.05) is 12.1 Å². The molecule has 1 aliphatic heterocycles. The molecule has 1 fully saturated rings. The van der Waals surface area contributed by atoms with Crippen LogP contribution in [0.2, 0.25) is 0 Å². The molecule has 0 aliphatic carbocycles. The highest BCUT2D eigenvalue weighted by Gasteiger charge is 2.18. The molecule has 1 amide bonds. The third-order valence-electron chi connectivity index (χ3n) is 3.57. The van der Waals surface area contributed by atoms with Crippen LogP contribution in [-0.4, -0.2) is 68.6 Å². The molecule has 1 saturated heterocycles. The van der Waals surface area contributed by atoms with Gasteiger partial charge in [0.25, 0.3) is 0 Å². The molecule has 0 atom stereocenters. The summed E-state index contributed by atoms with van der Waals surface area (Å²) in [4.78, 5) is 28.1. The van der Waals surface area contributed by atoms with E-state index in [0.717, 1.165) is 26.2 Å². The van der Waals surface area contributed by atoms with Crippen molar-refractivity contribution in [3.63, 3.8) is 0 Å². The fourth-order valence-corrected chi connectivity index (χ4v) is 2.28. The van der Waals surface area contributed by atoms with Crippen LogP contribution in [0.1, 0.15) is 10.4 Å². The minimum Gasteiger partial charge on any atom is -0.465 e. The van der Waals surface area contributed by atoms with E-state index in [0.29, 0.717) is 17.8 Å². The van der Waals surface area contributed by atoms with E-state index in [4.69, 9.17) is 4.74 Å². The first-order valence-corrected chi connectivity index (χ1v) is 6.98. The zero-order chi connectivity index (χ0) is 15.2. The third kappa shape index (κ3) is 4.27. The molecule has 2 rings (SSSR count). The maximum Gasteiger partial charge on any atom is 0.339 e. The van der Waals surface area contributed by atoms with Gasteiger partial charge in [-0.15, -0.1) is 0 Å². The Morgan fingerprint density at radius 1 is 1.19 bits per heavy atom. The number of benzene rings is 1. The number of nitrogens with one attached hydrogen (secondary N) is 1. The van der Waals surface area contributed by atoms with Gasteiger partial charge in [0.1, 0.15) is 0 Å². The zero-order valence-electron chi connectivity index (χ0n) is 12.5. The predicted molar refractivity (Wildman–Crippen MR) is 80.3 cm³/mol. The number of methoxy groups -OCH3 is 1. The maximum atomic E-state index is 12.1. The molecular formula is C15H21N3O3. The Kier molecular flexibility index (Phi) is 5.30. The number of esters is 1. The van der Waals surface area contributed by atoms with Crippen LogP contribution in [0.5, 0.6) is 0 Å². The van der Waals surface area contributed by atoms with Crippen LogP contribution in [-0.2, 0) is 9.53 Å². The molecule has 0 bridgehead atoms. The van der Waals surface area contributed by atoms with Crippen molar-refractivity contribution >= 4 is 17.6 Å². The Hall–Kier alpha value is -1.92. The molecule has 6 nitrogen and oxygen atoms in total. The summed E-state index contributed by atoms with van der Waals surface area (Å²) in [5, 5.41) is 2.79. The number of ether oxygens (including phenoxy) is 1. The van der Waals surface area contributed by atoms with Crippen LogP contribution < -0.4 is 5.32 Å². The molecule has 0 spiro atoms. The summed E-state index contributed by atoms with van der Waals surface area (Å²) in [6.07, 6.45) is 0. The molecule has 1 aromatic carbocycles. The van der Waals surface area contributed by atoms with E-state index in [1.165, 1.54) is 7.11 Å². The van der Waals surface area contributed by atoms with Gasteiger partial charge in [0.05, 0.1) is 24.9 Å². The molecule has 1 N–H and O–H groups in total. The second-order valence-electron chi connectivity index (χ2n) is 5.16. The number of amides is 1. The molecule has 1 heterocycles. The van der Waals surface area contributed by atoms with Crippen molar-refractivity contribution in [2.45, 2.75) is 0 Å². The Morgan fingerprint density at radius 3 is 2.52 bits per heavy atom. The number of likely N-dealkylation sites (N-methyl/N-ethyl adjacent to an activating group) is 1. The molecule has 0 unspecified atom stereocenters. The largest absolute Gasteiger partial charge is 0.465 e. The van der Waals surface area contributed by atoms with E-state index >= 15 is 0 Å². The average Bonchev–Trinajstić information content (AvgIpc) is 2.49. The fourth-order valence-electron chi connectivity index (χ4n) is 2.28. The van der Waals surface area contributed by atoms with E-state index in [1.54, 1.807) is 24.3 Å². The van der Waals surface area contributed by atoms with Gasteiger partial charge in [0, 0.05) is 26.2 Å². The molecule has 21 heavy (non-hydrogen) atoms. The van der Waals surface area contributed by atoms with Gasteiger partial charge < -0.3 is 15.0 Å². The molecule has 114 valence electrons. The molecule has 1 aliphatic rings. The first-order chi connectivity index (χ1) is 10.1. The molecule has 0 radical (unpaired) electrons. The van der Waals surface area contributed by atoms with Crippen molar-refractivity contribution in [1.82, 2.24) is 9.80 Å². The second-order valence-corrected chi connectivity index (χ2v) is 5.16. The van der Waals surface area contributed by atoms with Gasteiger partial charge in [0.2, 0.25) is 5.91 Å². The maximum absolute atomic E-state index is 12.1. The van der Waals surface area contributed by atoms with Crippen molar-refractivity contribution in [3.05, 3.63) is 29.8 Å². The number of nitrogens with zero attached hydrogens (tertiary/aromatic N) is 2. The van der Waals surface area contributed by atoms with Gasteiger partial charge in [-0.2, -0.15) is 0 Å². The number of piperazine rings is 1. The van der Waals surface area contributed by atoms with E-state index in [2.05, 4.69) is 22.2 Å². The van der Waals surface area contributed by atoms with Crippen LogP contribution in [0.4, 0.5) is 5.69 Å². The zero-order valence-corrected chi connectivity index (χ0v) is 12.5. The number of rotatable bonds is 4. The standard InChI is InChI=1S/C15H21N3O3/c1-17-7-9-18(10-8-17)11-14(19)16-13-6-4-3-5-12(13)15(20)21-2/h3-6H,7-11H2,1-2H3,(H,16,19). The monoisotopic (exact) mass is 291 g/mol. The van der Waals surface area contributed by atoms with Gasteiger partial charge >= 0.3 is 5.97 Å². The smallest absolute Gasteiger partial charge is 0.339 e. The summed E-state index contributed by atoms with van der Waals surface area (Å²) in [5.41, 5.74) is 0.857. The second kappa shape index (κ2) is 7.19. The minimum atomic E-state index is -0.453. The quantitative estimate of drug-likeness (QED) is 0.826. The summed E-state index contributed by atoms with van der Waals surface area (Å²) in [7, 11) is 3.40. The SMILES string of the molecule is COC(=O)c1ccccc1NC(=O)CN1CCN(C)CC1. The Bertz CT molecular complexity index is 511. The lowest BCUT2D eigenvalue weighted by Gasteiger charge is -2.31.